The molecular weight excluding hydrogens is 150 g/mol. The van der Waals surface area contributed by atoms with Crippen LogP contribution in [0.1, 0.15) is 39.5 Å². The molecule has 0 aromatic carbocycles. The average Bonchev–Trinajstić information content (AvgIpc) is 2.04. The number of ether oxygens (including phenoxy) is 1. The van der Waals surface area contributed by atoms with Crippen LogP contribution in [0, 0.1) is 5.92 Å². The Morgan fingerprint density at radius 2 is 2.25 bits per heavy atom. The fraction of sp³-hybridized carbons (Fsp3) is 1.00. The minimum absolute atomic E-state index is 0.0301. The third-order valence-corrected chi connectivity index (χ3v) is 3.23. The predicted molar refractivity (Wildman–Crippen MR) is 51.0 cm³/mol. The molecule has 0 aromatic rings. The SMILES string of the molecule is COC1([C@@H](C)N)CCCC(C)C1. The van der Waals surface area contributed by atoms with Crippen LogP contribution in [-0.2, 0) is 4.74 Å². The molecule has 1 fully saturated rings. The molecule has 72 valence electrons. The van der Waals surface area contributed by atoms with Crippen LogP contribution in [0.25, 0.3) is 0 Å². The van der Waals surface area contributed by atoms with Crippen LogP contribution in [0.3, 0.4) is 0 Å². The lowest BCUT2D eigenvalue weighted by Crippen LogP contribution is -2.50. The molecule has 2 heteroatoms. The second-order valence-electron chi connectivity index (χ2n) is 4.26. The van der Waals surface area contributed by atoms with Crippen LogP contribution in [0.5, 0.6) is 0 Å². The van der Waals surface area contributed by atoms with Crippen LogP contribution < -0.4 is 5.73 Å². The Morgan fingerprint density at radius 3 is 2.58 bits per heavy atom. The van der Waals surface area contributed by atoms with E-state index in [0.717, 1.165) is 18.8 Å². The van der Waals surface area contributed by atoms with Gasteiger partial charge in [0.2, 0.25) is 0 Å². The Labute approximate surface area is 75.5 Å². The molecule has 1 saturated carbocycles. The van der Waals surface area contributed by atoms with Crippen molar-refractivity contribution >= 4 is 0 Å². The van der Waals surface area contributed by atoms with Gasteiger partial charge < -0.3 is 10.5 Å². The van der Waals surface area contributed by atoms with Crippen LogP contribution in [-0.4, -0.2) is 18.8 Å². The molecule has 1 aliphatic rings. The highest BCUT2D eigenvalue weighted by molar-refractivity contribution is 4.92. The summed E-state index contributed by atoms with van der Waals surface area (Å²) >= 11 is 0. The Kier molecular flexibility index (Phi) is 3.13. The smallest absolute Gasteiger partial charge is 0.0828 e. The van der Waals surface area contributed by atoms with E-state index in [9.17, 15) is 0 Å². The second kappa shape index (κ2) is 3.75. The lowest BCUT2D eigenvalue weighted by molar-refractivity contribution is -0.0667. The lowest BCUT2D eigenvalue weighted by atomic mass is 9.75. The number of methoxy groups -OCH3 is 1. The quantitative estimate of drug-likeness (QED) is 0.689. The molecular formula is C10H21NO. The maximum Gasteiger partial charge on any atom is 0.0828 e. The molecule has 0 spiro atoms. The van der Waals surface area contributed by atoms with E-state index < -0.39 is 0 Å². The normalized spacial score (nSPS) is 39.5. The van der Waals surface area contributed by atoms with Crippen molar-refractivity contribution in [2.24, 2.45) is 11.7 Å². The monoisotopic (exact) mass is 171 g/mol. The highest BCUT2D eigenvalue weighted by Crippen LogP contribution is 2.36. The third kappa shape index (κ3) is 1.80. The predicted octanol–water partition coefficient (Wildman–Crippen LogP) is 1.93. The highest BCUT2D eigenvalue weighted by Gasteiger charge is 2.37. The molecule has 2 nitrogen and oxygen atoms in total. The van der Waals surface area contributed by atoms with E-state index in [4.69, 9.17) is 10.5 Å². The van der Waals surface area contributed by atoms with E-state index in [0.29, 0.717) is 0 Å². The molecule has 0 aromatic heterocycles. The number of hydrogen-bond donors (Lipinski definition) is 1. The molecule has 1 rings (SSSR count). The first-order chi connectivity index (χ1) is 5.60. The van der Waals surface area contributed by atoms with Crippen molar-refractivity contribution in [3.05, 3.63) is 0 Å². The van der Waals surface area contributed by atoms with Crippen molar-refractivity contribution in [1.29, 1.82) is 0 Å². The summed E-state index contributed by atoms with van der Waals surface area (Å²) in [4.78, 5) is 0. The zero-order valence-electron chi connectivity index (χ0n) is 8.47. The summed E-state index contributed by atoms with van der Waals surface area (Å²) in [6, 6.07) is 0.158. The van der Waals surface area contributed by atoms with Gasteiger partial charge in [0.15, 0.2) is 0 Å². The van der Waals surface area contributed by atoms with Crippen molar-refractivity contribution in [1.82, 2.24) is 0 Å². The van der Waals surface area contributed by atoms with Gasteiger partial charge >= 0.3 is 0 Å². The summed E-state index contributed by atoms with van der Waals surface area (Å²) in [7, 11) is 1.79. The highest BCUT2D eigenvalue weighted by atomic mass is 16.5. The first-order valence-corrected chi connectivity index (χ1v) is 4.91. The van der Waals surface area contributed by atoms with E-state index >= 15 is 0 Å². The minimum Gasteiger partial charge on any atom is -0.377 e. The molecule has 0 amide bonds. The summed E-state index contributed by atoms with van der Waals surface area (Å²) < 4.78 is 5.59. The Balaban J connectivity index is 2.64. The molecule has 2 unspecified atom stereocenters. The van der Waals surface area contributed by atoms with Gasteiger partial charge in [0, 0.05) is 13.2 Å². The van der Waals surface area contributed by atoms with Gasteiger partial charge in [-0.25, -0.2) is 0 Å². The van der Waals surface area contributed by atoms with Crippen molar-refractivity contribution < 1.29 is 4.74 Å². The summed E-state index contributed by atoms with van der Waals surface area (Å²) in [5, 5.41) is 0. The maximum absolute atomic E-state index is 5.95. The number of nitrogens with two attached hydrogens (primary N) is 1. The van der Waals surface area contributed by atoms with E-state index in [1.54, 1.807) is 7.11 Å². The van der Waals surface area contributed by atoms with Gasteiger partial charge in [-0.05, 0) is 25.7 Å². The summed E-state index contributed by atoms with van der Waals surface area (Å²) in [6.07, 6.45) is 4.85. The fourth-order valence-electron chi connectivity index (χ4n) is 2.33. The van der Waals surface area contributed by atoms with E-state index in [2.05, 4.69) is 13.8 Å². The summed E-state index contributed by atoms with van der Waals surface area (Å²) in [5.41, 5.74) is 5.92. The van der Waals surface area contributed by atoms with E-state index in [1.165, 1.54) is 12.8 Å². The molecule has 0 heterocycles. The Hall–Kier alpha value is -0.0800. The Bertz CT molecular complexity index is 147. The minimum atomic E-state index is -0.0301. The molecule has 3 atom stereocenters. The first-order valence-electron chi connectivity index (χ1n) is 4.91. The Morgan fingerprint density at radius 1 is 1.58 bits per heavy atom. The van der Waals surface area contributed by atoms with Gasteiger partial charge in [0.25, 0.3) is 0 Å². The molecule has 0 bridgehead atoms. The van der Waals surface area contributed by atoms with Crippen molar-refractivity contribution in [3.63, 3.8) is 0 Å². The molecule has 2 N–H and O–H groups in total. The average molecular weight is 171 g/mol. The van der Waals surface area contributed by atoms with Crippen LogP contribution >= 0.6 is 0 Å². The van der Waals surface area contributed by atoms with Gasteiger partial charge in [-0.15, -0.1) is 0 Å². The first kappa shape index (κ1) is 10.0. The molecule has 1 aliphatic carbocycles. The van der Waals surface area contributed by atoms with Crippen molar-refractivity contribution in [2.75, 3.05) is 7.11 Å². The fourth-order valence-corrected chi connectivity index (χ4v) is 2.33. The van der Waals surface area contributed by atoms with Gasteiger partial charge in [0.1, 0.15) is 0 Å². The van der Waals surface area contributed by atoms with Gasteiger partial charge in [-0.1, -0.05) is 19.8 Å². The third-order valence-electron chi connectivity index (χ3n) is 3.23. The number of hydrogen-bond acceptors (Lipinski definition) is 2. The van der Waals surface area contributed by atoms with Crippen molar-refractivity contribution in [3.8, 4) is 0 Å². The molecule has 0 saturated heterocycles. The number of rotatable bonds is 2. The maximum atomic E-state index is 5.95. The zero-order valence-corrected chi connectivity index (χ0v) is 8.47. The standard InChI is InChI=1S/C10H21NO/c1-8-5-4-6-10(7-8,12-3)9(2)11/h8-9H,4-7,11H2,1-3H3/t8?,9-,10?/m1/s1. The van der Waals surface area contributed by atoms with Crippen LogP contribution in [0.2, 0.25) is 0 Å². The summed E-state index contributed by atoms with van der Waals surface area (Å²) in [5.74, 6) is 0.768. The lowest BCUT2D eigenvalue weighted by Gasteiger charge is -2.41. The summed E-state index contributed by atoms with van der Waals surface area (Å²) in [6.45, 7) is 4.34. The van der Waals surface area contributed by atoms with Crippen LogP contribution in [0.15, 0.2) is 0 Å². The van der Waals surface area contributed by atoms with Crippen LogP contribution in [0.4, 0.5) is 0 Å². The van der Waals surface area contributed by atoms with Gasteiger partial charge in [-0.3, -0.25) is 0 Å². The van der Waals surface area contributed by atoms with Gasteiger partial charge in [0.05, 0.1) is 5.60 Å². The van der Waals surface area contributed by atoms with E-state index in [-0.39, 0.29) is 11.6 Å². The zero-order chi connectivity index (χ0) is 9.19. The second-order valence-corrected chi connectivity index (χ2v) is 4.26. The largest absolute Gasteiger partial charge is 0.377 e. The molecule has 0 radical (unpaired) electrons. The van der Waals surface area contributed by atoms with Gasteiger partial charge in [-0.2, -0.15) is 0 Å². The van der Waals surface area contributed by atoms with Crippen molar-refractivity contribution in [2.45, 2.75) is 51.2 Å². The molecule has 0 aliphatic heterocycles. The molecule has 12 heavy (non-hydrogen) atoms. The topological polar surface area (TPSA) is 35.2 Å². The van der Waals surface area contributed by atoms with E-state index in [1.807, 2.05) is 0 Å².